The minimum atomic E-state index is 0.460. The van der Waals surface area contributed by atoms with Gasteiger partial charge in [-0.2, -0.15) is 0 Å². The molecular formula is C11H13N. The predicted molar refractivity (Wildman–Crippen MR) is 53.1 cm³/mol. The van der Waals surface area contributed by atoms with Gasteiger partial charge in [0.1, 0.15) is 0 Å². The van der Waals surface area contributed by atoms with Crippen molar-refractivity contribution in [2.45, 2.75) is 19.9 Å². The molecule has 1 N–H and O–H groups in total. The Morgan fingerprint density at radius 2 is 1.83 bits per heavy atom. The first-order chi connectivity index (χ1) is 5.72. The van der Waals surface area contributed by atoms with Gasteiger partial charge in [0, 0.05) is 17.3 Å². The number of rotatable bonds is 2. The molecule has 1 aromatic carbocycles. The number of anilines is 1. The van der Waals surface area contributed by atoms with Crippen LogP contribution < -0.4 is 5.32 Å². The zero-order valence-electron chi connectivity index (χ0n) is 7.46. The molecule has 0 atom stereocenters. The molecule has 0 bridgehead atoms. The molecule has 1 nitrogen and oxygen atoms in total. The maximum atomic E-state index is 5.23. The summed E-state index contributed by atoms with van der Waals surface area (Å²) in [6, 6.07) is 8.32. The van der Waals surface area contributed by atoms with Gasteiger partial charge < -0.3 is 5.32 Å². The molecule has 0 aromatic heterocycles. The normalized spacial score (nSPS) is 9.50. The van der Waals surface area contributed by atoms with Crippen molar-refractivity contribution in [1.82, 2.24) is 0 Å². The summed E-state index contributed by atoms with van der Waals surface area (Å²) in [4.78, 5) is 0. The van der Waals surface area contributed by atoms with Crippen molar-refractivity contribution in [3.63, 3.8) is 0 Å². The van der Waals surface area contributed by atoms with Crippen LogP contribution in [0.15, 0.2) is 24.3 Å². The van der Waals surface area contributed by atoms with E-state index >= 15 is 0 Å². The van der Waals surface area contributed by atoms with Crippen molar-refractivity contribution in [2.24, 2.45) is 0 Å². The number of benzene rings is 1. The lowest BCUT2D eigenvalue weighted by Crippen LogP contribution is -2.09. The van der Waals surface area contributed by atoms with E-state index < -0.39 is 0 Å². The molecule has 0 saturated heterocycles. The first-order valence-electron chi connectivity index (χ1n) is 4.05. The van der Waals surface area contributed by atoms with E-state index in [0.29, 0.717) is 6.04 Å². The van der Waals surface area contributed by atoms with Gasteiger partial charge in [0.25, 0.3) is 0 Å². The smallest absolute Gasteiger partial charge is 0.0342 e. The monoisotopic (exact) mass is 159 g/mol. The minimum absolute atomic E-state index is 0.460. The fraction of sp³-hybridized carbons (Fsp3) is 0.273. The number of hydrogen-bond acceptors (Lipinski definition) is 1. The van der Waals surface area contributed by atoms with Crippen LogP contribution in [0, 0.1) is 12.3 Å². The Morgan fingerprint density at radius 3 is 2.25 bits per heavy atom. The topological polar surface area (TPSA) is 12.0 Å². The van der Waals surface area contributed by atoms with Gasteiger partial charge in [-0.3, -0.25) is 0 Å². The van der Waals surface area contributed by atoms with E-state index in [-0.39, 0.29) is 0 Å². The van der Waals surface area contributed by atoms with Crippen LogP contribution in [0.1, 0.15) is 19.4 Å². The van der Waals surface area contributed by atoms with Gasteiger partial charge >= 0.3 is 0 Å². The Morgan fingerprint density at radius 1 is 1.25 bits per heavy atom. The van der Waals surface area contributed by atoms with Crippen molar-refractivity contribution in [3.8, 4) is 12.3 Å². The van der Waals surface area contributed by atoms with Crippen molar-refractivity contribution in [3.05, 3.63) is 29.8 Å². The van der Waals surface area contributed by atoms with E-state index in [9.17, 15) is 0 Å². The molecule has 0 unspecified atom stereocenters. The molecule has 0 heterocycles. The molecule has 1 rings (SSSR count). The van der Waals surface area contributed by atoms with Crippen LogP contribution in [-0.2, 0) is 0 Å². The molecule has 0 amide bonds. The second-order valence-corrected chi connectivity index (χ2v) is 3.02. The van der Waals surface area contributed by atoms with Crippen LogP contribution in [0.5, 0.6) is 0 Å². The highest BCUT2D eigenvalue weighted by atomic mass is 14.9. The van der Waals surface area contributed by atoms with E-state index in [2.05, 4.69) is 25.1 Å². The van der Waals surface area contributed by atoms with Crippen LogP contribution >= 0.6 is 0 Å². The van der Waals surface area contributed by atoms with Crippen LogP contribution in [0.4, 0.5) is 5.69 Å². The van der Waals surface area contributed by atoms with Crippen LogP contribution in [0.25, 0.3) is 0 Å². The lowest BCUT2D eigenvalue weighted by molar-refractivity contribution is 0.900. The zero-order chi connectivity index (χ0) is 8.97. The molecule has 0 aliphatic rings. The summed E-state index contributed by atoms with van der Waals surface area (Å²) in [5, 5.41) is 3.29. The Bertz CT molecular complexity index is 277. The quantitative estimate of drug-likeness (QED) is 0.654. The Balaban J connectivity index is 2.73. The highest BCUT2D eigenvalue weighted by molar-refractivity contribution is 5.48. The maximum absolute atomic E-state index is 5.23. The van der Waals surface area contributed by atoms with Crippen LogP contribution in [0.3, 0.4) is 0 Å². The van der Waals surface area contributed by atoms with E-state index in [1.807, 2.05) is 24.3 Å². The average Bonchev–Trinajstić information content (AvgIpc) is 2.05. The van der Waals surface area contributed by atoms with Gasteiger partial charge in [-0.05, 0) is 38.1 Å². The number of terminal acetylenes is 1. The molecular weight excluding hydrogens is 146 g/mol. The van der Waals surface area contributed by atoms with Gasteiger partial charge in [0.05, 0.1) is 0 Å². The third-order valence-electron chi connectivity index (χ3n) is 1.51. The molecule has 0 aliphatic carbocycles. The van der Waals surface area contributed by atoms with E-state index in [1.165, 1.54) is 0 Å². The largest absolute Gasteiger partial charge is 0.383 e. The van der Waals surface area contributed by atoms with Crippen molar-refractivity contribution >= 4 is 5.69 Å². The molecule has 1 aromatic rings. The summed E-state index contributed by atoms with van der Waals surface area (Å²) < 4.78 is 0. The highest BCUT2D eigenvalue weighted by Gasteiger charge is 1.93. The molecule has 0 aliphatic heterocycles. The van der Waals surface area contributed by atoms with Gasteiger partial charge in [0.15, 0.2) is 0 Å². The fourth-order valence-corrected chi connectivity index (χ4v) is 0.996. The molecule has 0 saturated carbocycles. The van der Waals surface area contributed by atoms with Gasteiger partial charge in [-0.25, -0.2) is 0 Å². The molecule has 0 fully saturated rings. The fourth-order valence-electron chi connectivity index (χ4n) is 0.996. The number of nitrogens with one attached hydrogen (secondary N) is 1. The van der Waals surface area contributed by atoms with E-state index in [0.717, 1.165) is 11.3 Å². The standard InChI is InChI=1S/C11H13N/c1-4-10-5-7-11(8-6-10)12-9(2)3/h1,5-9,12H,2-3H3. The van der Waals surface area contributed by atoms with Gasteiger partial charge in [-0.15, -0.1) is 6.42 Å². The Hall–Kier alpha value is -1.42. The zero-order valence-corrected chi connectivity index (χ0v) is 7.46. The van der Waals surface area contributed by atoms with Gasteiger partial charge in [-0.1, -0.05) is 5.92 Å². The second kappa shape index (κ2) is 3.82. The highest BCUT2D eigenvalue weighted by Crippen LogP contribution is 2.09. The average molecular weight is 159 g/mol. The van der Waals surface area contributed by atoms with Crippen molar-refractivity contribution in [1.29, 1.82) is 0 Å². The SMILES string of the molecule is C#Cc1ccc(NC(C)C)cc1. The summed E-state index contributed by atoms with van der Waals surface area (Å²) in [6.45, 7) is 4.21. The summed E-state index contributed by atoms with van der Waals surface area (Å²) in [6.07, 6.45) is 5.23. The maximum Gasteiger partial charge on any atom is 0.0342 e. The summed E-state index contributed by atoms with van der Waals surface area (Å²) in [5.74, 6) is 2.58. The molecule has 12 heavy (non-hydrogen) atoms. The lowest BCUT2D eigenvalue weighted by atomic mass is 10.2. The summed E-state index contributed by atoms with van der Waals surface area (Å²) in [7, 11) is 0. The summed E-state index contributed by atoms with van der Waals surface area (Å²) in [5.41, 5.74) is 2.04. The molecule has 62 valence electrons. The van der Waals surface area contributed by atoms with Crippen LogP contribution in [0.2, 0.25) is 0 Å². The van der Waals surface area contributed by atoms with E-state index in [4.69, 9.17) is 6.42 Å². The molecule has 1 heteroatoms. The lowest BCUT2D eigenvalue weighted by Gasteiger charge is -2.09. The second-order valence-electron chi connectivity index (χ2n) is 3.02. The predicted octanol–water partition coefficient (Wildman–Crippen LogP) is 2.49. The summed E-state index contributed by atoms with van der Waals surface area (Å²) >= 11 is 0. The van der Waals surface area contributed by atoms with Crippen molar-refractivity contribution in [2.75, 3.05) is 5.32 Å². The minimum Gasteiger partial charge on any atom is -0.383 e. The number of hydrogen-bond donors (Lipinski definition) is 1. The van der Waals surface area contributed by atoms with Crippen LogP contribution in [-0.4, -0.2) is 6.04 Å². The first kappa shape index (κ1) is 8.67. The molecule has 0 radical (unpaired) electrons. The third-order valence-corrected chi connectivity index (χ3v) is 1.51. The first-order valence-corrected chi connectivity index (χ1v) is 4.05. The van der Waals surface area contributed by atoms with Gasteiger partial charge in [0.2, 0.25) is 0 Å². The van der Waals surface area contributed by atoms with Crippen molar-refractivity contribution < 1.29 is 0 Å². The Kier molecular flexibility index (Phi) is 2.76. The third kappa shape index (κ3) is 2.32. The Labute approximate surface area is 73.8 Å². The molecule has 0 spiro atoms. The van der Waals surface area contributed by atoms with E-state index in [1.54, 1.807) is 0 Å².